The molecule has 0 fully saturated rings. The minimum absolute atomic E-state index is 0.0179. The summed E-state index contributed by atoms with van der Waals surface area (Å²) in [5, 5.41) is 10.4. The van der Waals surface area contributed by atoms with E-state index in [1.165, 1.54) is 137 Å². The molecule has 0 atom stereocenters. The lowest BCUT2D eigenvalue weighted by molar-refractivity contribution is 0.590. The van der Waals surface area contributed by atoms with Gasteiger partial charge in [-0.25, -0.2) is 0 Å². The lowest BCUT2D eigenvalue weighted by Gasteiger charge is -2.45. The van der Waals surface area contributed by atoms with Crippen LogP contribution in [0.15, 0.2) is 206 Å². The van der Waals surface area contributed by atoms with E-state index in [4.69, 9.17) is 0 Å². The topological polar surface area (TPSA) is 18.5 Å². The number of aromatic nitrogens is 2. The zero-order valence-corrected chi connectivity index (χ0v) is 59.4. The van der Waals surface area contributed by atoms with Crippen molar-refractivity contribution in [3.8, 4) is 0 Å². The molecule has 2 aliphatic rings. The predicted octanol–water partition coefficient (Wildman–Crippen LogP) is 23.3. The van der Waals surface area contributed by atoms with Crippen LogP contribution in [0.3, 0.4) is 0 Å². The summed E-state index contributed by atoms with van der Waals surface area (Å²) < 4.78 is 5.25. The van der Waals surface area contributed by atoms with Gasteiger partial charge in [0.05, 0.1) is 38.8 Å². The lowest BCUT2D eigenvalue weighted by Crippen LogP contribution is -2.61. The summed E-state index contributed by atoms with van der Waals surface area (Å²) in [5.74, 6) is 0. The standard InChI is InChI=1S/C90H88BN5/c1-85(2,3)53-29-35-61(36-30-53)93-78-51-76-66(70-45-57(89(13,14)15)43-68-64-41-55(87(7,8)9)33-39-74(64)95(76)83(68)70)49-72(78)91-73-50-67-71-46-58(90(16,17)18)44-69-65-42-56(88(10,11)12)34-40-75(65)96(84(69)71)77(67)52-79(73)94(62-37-31-54(32-38-62)86(4,5)6)81-48-63(47-80(93)82(81)91)92(59-25-21-19-22-26-59)60-27-23-20-24-28-60/h19-52H,1-18H3. The average Bonchev–Trinajstić information content (AvgIpc) is 1.49. The first-order chi connectivity index (χ1) is 45.4. The molecule has 0 amide bonds. The van der Waals surface area contributed by atoms with Crippen LogP contribution >= 0.6 is 0 Å². The normalized spacial score (nSPS) is 14.1. The smallest absolute Gasteiger partial charge is 0.252 e. The molecule has 0 bridgehead atoms. The van der Waals surface area contributed by atoms with Crippen molar-refractivity contribution in [3.05, 3.63) is 240 Å². The number of hydrogen-bond acceptors (Lipinski definition) is 3. The van der Waals surface area contributed by atoms with Crippen LogP contribution in [-0.2, 0) is 32.5 Å². The van der Waals surface area contributed by atoms with Gasteiger partial charge >= 0.3 is 0 Å². The molecule has 6 heteroatoms. The molecule has 17 rings (SSSR count). The fourth-order valence-electron chi connectivity index (χ4n) is 16.4. The number of rotatable bonds is 5. The van der Waals surface area contributed by atoms with Gasteiger partial charge in [-0.3, -0.25) is 0 Å². The van der Waals surface area contributed by atoms with E-state index >= 15 is 0 Å². The third-order valence-electron chi connectivity index (χ3n) is 21.8. The van der Waals surface area contributed by atoms with Crippen LogP contribution in [0.1, 0.15) is 158 Å². The van der Waals surface area contributed by atoms with E-state index in [-0.39, 0.29) is 39.2 Å². The first kappa shape index (κ1) is 60.2. The van der Waals surface area contributed by atoms with Gasteiger partial charge in [-0.05, 0) is 204 Å². The van der Waals surface area contributed by atoms with Gasteiger partial charge in [0.15, 0.2) is 0 Å². The maximum Gasteiger partial charge on any atom is 0.252 e. The largest absolute Gasteiger partial charge is 0.311 e. The van der Waals surface area contributed by atoms with Gasteiger partial charge in [0, 0.05) is 88.6 Å². The Morgan fingerprint density at radius 2 is 0.573 bits per heavy atom. The Bertz CT molecular complexity index is 5340. The van der Waals surface area contributed by atoms with Crippen LogP contribution in [0, 0.1) is 0 Å². The summed E-state index contributed by atoms with van der Waals surface area (Å²) in [6.45, 7) is 42.1. The molecule has 0 unspecified atom stereocenters. The predicted molar refractivity (Wildman–Crippen MR) is 417 cm³/mol. The summed E-state index contributed by atoms with van der Waals surface area (Å²) >= 11 is 0. The third-order valence-corrected chi connectivity index (χ3v) is 21.8. The summed E-state index contributed by atoms with van der Waals surface area (Å²) in [6.07, 6.45) is 0. The number of hydrogen-bond donors (Lipinski definition) is 0. The van der Waals surface area contributed by atoms with Gasteiger partial charge in [0.25, 0.3) is 6.71 Å². The molecular weight excluding hydrogens is 1160 g/mol. The highest BCUT2D eigenvalue weighted by atomic mass is 15.2. The molecule has 6 heterocycles. The molecule has 0 aliphatic carbocycles. The highest BCUT2D eigenvalue weighted by molar-refractivity contribution is 7.00. The second-order valence-corrected chi connectivity index (χ2v) is 34.4. The first-order valence-electron chi connectivity index (χ1n) is 34.9. The highest BCUT2D eigenvalue weighted by Crippen LogP contribution is 2.53. The maximum atomic E-state index is 2.66. The minimum atomic E-state index is -0.193. The summed E-state index contributed by atoms with van der Waals surface area (Å²) in [4.78, 5) is 7.77. The van der Waals surface area contributed by atoms with Gasteiger partial charge in [-0.2, -0.15) is 0 Å². The molecule has 4 aromatic heterocycles. The Balaban J connectivity index is 1.07. The fraction of sp³-hybridized carbons (Fsp3) is 0.267. The number of benzene rings is 11. The quantitative estimate of drug-likeness (QED) is 0.160. The number of fused-ring (bicyclic) bond motifs is 16. The molecule has 15 aromatic rings. The molecule has 0 spiro atoms. The SMILES string of the molecule is CC(C)(C)c1ccc(N2c3cc4c(cc3B3c5cc6c7cc(C(C)(C)C)cc8c9cc(C(C)(C)C)ccc9n(c6cc5N(c5ccc(C(C)(C)C)cc5)c5cc(N(c6ccccc6)c6ccccc6)cc2c53)c87)c2cc(C(C)(C)C)cc3c5cc(C(C)(C)C)ccc5n4c32)cc1. The van der Waals surface area contributed by atoms with Crippen LogP contribution in [0.25, 0.3) is 76.2 Å². The van der Waals surface area contributed by atoms with Gasteiger partial charge in [0.2, 0.25) is 0 Å². The van der Waals surface area contributed by atoms with E-state index in [1.54, 1.807) is 0 Å². The van der Waals surface area contributed by atoms with Crippen molar-refractivity contribution >= 4 is 150 Å². The zero-order chi connectivity index (χ0) is 67.0. The Morgan fingerprint density at radius 1 is 0.260 bits per heavy atom. The van der Waals surface area contributed by atoms with Crippen LogP contribution in [0.4, 0.5) is 51.2 Å². The van der Waals surface area contributed by atoms with Gasteiger partial charge in [-0.1, -0.05) is 210 Å². The molecule has 96 heavy (non-hydrogen) atoms. The molecule has 0 saturated carbocycles. The van der Waals surface area contributed by atoms with Crippen molar-refractivity contribution in [3.63, 3.8) is 0 Å². The van der Waals surface area contributed by atoms with Gasteiger partial charge in [0.1, 0.15) is 0 Å². The van der Waals surface area contributed by atoms with E-state index in [0.29, 0.717) is 0 Å². The van der Waals surface area contributed by atoms with Crippen LogP contribution in [0.5, 0.6) is 0 Å². The number of nitrogens with zero attached hydrogens (tertiary/aromatic N) is 5. The Labute approximate surface area is 567 Å². The summed E-state index contributed by atoms with van der Waals surface area (Å²) in [7, 11) is 0. The Morgan fingerprint density at radius 3 is 0.906 bits per heavy atom. The molecule has 2 aliphatic heterocycles. The maximum absolute atomic E-state index is 2.66. The summed E-state index contributed by atoms with van der Waals surface area (Å²) in [5.41, 5.74) is 29.3. The lowest BCUT2D eigenvalue weighted by atomic mass is 9.33. The van der Waals surface area contributed by atoms with Crippen molar-refractivity contribution in [1.29, 1.82) is 0 Å². The van der Waals surface area contributed by atoms with Gasteiger partial charge < -0.3 is 23.5 Å². The van der Waals surface area contributed by atoms with Crippen molar-refractivity contribution in [2.45, 2.75) is 157 Å². The average molecular weight is 1250 g/mol. The first-order valence-corrected chi connectivity index (χ1v) is 34.9. The Hall–Kier alpha value is -9.52. The van der Waals surface area contributed by atoms with Crippen molar-refractivity contribution < 1.29 is 0 Å². The van der Waals surface area contributed by atoms with Crippen molar-refractivity contribution in [1.82, 2.24) is 8.80 Å². The van der Waals surface area contributed by atoms with Crippen LogP contribution in [-0.4, -0.2) is 15.5 Å². The second-order valence-electron chi connectivity index (χ2n) is 34.4. The highest BCUT2D eigenvalue weighted by Gasteiger charge is 2.46. The van der Waals surface area contributed by atoms with Crippen molar-refractivity contribution in [2.75, 3.05) is 14.7 Å². The number of anilines is 9. The van der Waals surface area contributed by atoms with Crippen molar-refractivity contribution in [2.24, 2.45) is 0 Å². The summed E-state index contributed by atoms with van der Waals surface area (Å²) in [6, 6.07) is 81.3. The molecule has 0 saturated heterocycles. The minimum Gasteiger partial charge on any atom is -0.311 e. The van der Waals surface area contributed by atoms with Crippen LogP contribution in [0.2, 0.25) is 0 Å². The monoisotopic (exact) mass is 1250 g/mol. The van der Waals surface area contributed by atoms with Gasteiger partial charge in [-0.15, -0.1) is 0 Å². The van der Waals surface area contributed by atoms with E-state index in [0.717, 1.165) is 39.8 Å². The second kappa shape index (κ2) is 20.0. The molecule has 11 aromatic carbocycles. The third kappa shape index (κ3) is 8.95. The van der Waals surface area contributed by atoms with E-state index in [1.807, 2.05) is 0 Å². The molecule has 0 N–H and O–H groups in total. The molecule has 476 valence electrons. The van der Waals surface area contributed by atoms with E-state index in [9.17, 15) is 0 Å². The zero-order valence-electron chi connectivity index (χ0n) is 59.4. The fourth-order valence-corrected chi connectivity index (χ4v) is 16.4. The number of para-hydroxylation sites is 2. The van der Waals surface area contributed by atoms with E-state index in [2.05, 4.69) is 354 Å². The molecule has 5 nitrogen and oxygen atoms in total. The van der Waals surface area contributed by atoms with Crippen LogP contribution < -0.4 is 31.1 Å². The molecule has 0 radical (unpaired) electrons. The van der Waals surface area contributed by atoms with E-state index < -0.39 is 0 Å². The Kier molecular flexibility index (Phi) is 12.6. The molecular formula is C90H88BN5.